The van der Waals surface area contributed by atoms with E-state index in [9.17, 15) is 13.2 Å². The van der Waals surface area contributed by atoms with Gasteiger partial charge in [0.15, 0.2) is 0 Å². The predicted molar refractivity (Wildman–Crippen MR) is 70.2 cm³/mol. The highest BCUT2D eigenvalue weighted by atomic mass is 32.2. The Bertz CT molecular complexity index is 582. The van der Waals surface area contributed by atoms with Gasteiger partial charge in [-0.2, -0.15) is 13.2 Å². The van der Waals surface area contributed by atoms with Crippen molar-refractivity contribution in [3.63, 3.8) is 0 Å². The number of hydrogen-bond donors (Lipinski definition) is 1. The lowest BCUT2D eigenvalue weighted by Crippen LogP contribution is -2.05. The van der Waals surface area contributed by atoms with E-state index in [2.05, 4.69) is 9.97 Å². The number of nitrogens with zero attached hydrogens (tertiary/aromatic N) is 2. The zero-order chi connectivity index (χ0) is 14.8. The normalized spacial score (nSPS) is 13.2. The second-order valence-electron chi connectivity index (χ2n) is 4.20. The lowest BCUT2D eigenvalue weighted by molar-refractivity contribution is -0.137. The Morgan fingerprint density at radius 3 is 2.45 bits per heavy atom. The fraction of sp³-hybridized carbons (Fsp3) is 0.231. The summed E-state index contributed by atoms with van der Waals surface area (Å²) in [6.45, 7) is 1.85. The molecule has 1 atom stereocenters. The summed E-state index contributed by atoms with van der Waals surface area (Å²) in [4.78, 5) is 7.92. The minimum Gasteiger partial charge on any atom is -0.324 e. The summed E-state index contributed by atoms with van der Waals surface area (Å²) in [6, 6.07) is 5.81. The number of rotatable bonds is 3. The standard InChI is InChI=1S/C13H12F3N3S/c1-8(17)9-4-5-18-12(6-9)20-11-3-2-10(7-19-11)13(14,15)16/h2-8H,17H2,1H3/t8-/m1/s1. The van der Waals surface area contributed by atoms with Crippen molar-refractivity contribution in [2.45, 2.75) is 29.2 Å². The van der Waals surface area contributed by atoms with Crippen LogP contribution in [0.25, 0.3) is 0 Å². The van der Waals surface area contributed by atoms with Gasteiger partial charge >= 0.3 is 6.18 Å². The number of alkyl halides is 3. The Hall–Kier alpha value is -1.60. The van der Waals surface area contributed by atoms with E-state index in [1.165, 1.54) is 17.8 Å². The van der Waals surface area contributed by atoms with Crippen molar-refractivity contribution in [2.75, 3.05) is 0 Å². The van der Waals surface area contributed by atoms with Gasteiger partial charge in [-0.05, 0) is 36.8 Å². The van der Waals surface area contributed by atoms with Crippen molar-refractivity contribution in [3.8, 4) is 0 Å². The van der Waals surface area contributed by atoms with Gasteiger partial charge < -0.3 is 5.73 Å². The molecule has 0 radical (unpaired) electrons. The molecule has 0 aromatic carbocycles. The first-order valence-electron chi connectivity index (χ1n) is 5.79. The van der Waals surface area contributed by atoms with Crippen LogP contribution in [0.5, 0.6) is 0 Å². The van der Waals surface area contributed by atoms with Crippen molar-refractivity contribution < 1.29 is 13.2 Å². The predicted octanol–water partition coefficient (Wildman–Crippen LogP) is 3.67. The Morgan fingerprint density at radius 1 is 1.15 bits per heavy atom. The Morgan fingerprint density at radius 2 is 1.90 bits per heavy atom. The quantitative estimate of drug-likeness (QED) is 0.939. The average Bonchev–Trinajstić information content (AvgIpc) is 2.38. The van der Waals surface area contributed by atoms with Crippen LogP contribution in [0, 0.1) is 0 Å². The molecule has 0 aliphatic rings. The molecule has 2 aromatic heterocycles. The molecule has 0 amide bonds. The molecule has 0 saturated heterocycles. The molecule has 0 aliphatic carbocycles. The zero-order valence-electron chi connectivity index (χ0n) is 10.6. The third-order valence-electron chi connectivity index (χ3n) is 2.56. The van der Waals surface area contributed by atoms with Gasteiger partial charge in [-0.25, -0.2) is 9.97 Å². The van der Waals surface area contributed by atoms with Crippen LogP contribution >= 0.6 is 11.8 Å². The van der Waals surface area contributed by atoms with Crippen molar-refractivity contribution in [1.82, 2.24) is 9.97 Å². The molecule has 2 rings (SSSR count). The molecule has 0 aliphatic heterocycles. The summed E-state index contributed by atoms with van der Waals surface area (Å²) in [6.07, 6.45) is -1.94. The molecule has 7 heteroatoms. The fourth-order valence-corrected chi connectivity index (χ4v) is 2.24. The van der Waals surface area contributed by atoms with Crippen LogP contribution in [0.2, 0.25) is 0 Å². The monoisotopic (exact) mass is 299 g/mol. The van der Waals surface area contributed by atoms with Crippen molar-refractivity contribution in [2.24, 2.45) is 5.73 Å². The first-order valence-corrected chi connectivity index (χ1v) is 6.60. The molecule has 3 nitrogen and oxygen atoms in total. The summed E-state index contributed by atoms with van der Waals surface area (Å²) >= 11 is 1.19. The number of nitrogens with two attached hydrogens (primary N) is 1. The van der Waals surface area contributed by atoms with Gasteiger partial charge in [-0.15, -0.1) is 0 Å². The van der Waals surface area contributed by atoms with E-state index in [0.29, 0.717) is 10.1 Å². The molecule has 20 heavy (non-hydrogen) atoms. The molecule has 0 saturated carbocycles. The van der Waals surface area contributed by atoms with Gasteiger partial charge in [0.2, 0.25) is 0 Å². The molecule has 0 unspecified atom stereocenters. The topological polar surface area (TPSA) is 51.8 Å². The van der Waals surface area contributed by atoms with E-state index in [1.807, 2.05) is 6.92 Å². The zero-order valence-corrected chi connectivity index (χ0v) is 11.4. The van der Waals surface area contributed by atoms with Crippen molar-refractivity contribution in [3.05, 3.63) is 47.8 Å². The maximum absolute atomic E-state index is 12.4. The van der Waals surface area contributed by atoms with Gasteiger partial charge in [0, 0.05) is 18.4 Å². The third kappa shape index (κ3) is 3.71. The highest BCUT2D eigenvalue weighted by Crippen LogP contribution is 2.31. The SMILES string of the molecule is C[C@@H](N)c1ccnc(Sc2ccc(C(F)(F)F)cn2)c1. The maximum atomic E-state index is 12.4. The van der Waals surface area contributed by atoms with Crippen LogP contribution in [-0.2, 0) is 6.18 Å². The third-order valence-corrected chi connectivity index (χ3v) is 3.44. The van der Waals surface area contributed by atoms with Gasteiger partial charge in [0.25, 0.3) is 0 Å². The first kappa shape index (κ1) is 14.8. The van der Waals surface area contributed by atoms with Crippen LogP contribution in [0.15, 0.2) is 46.7 Å². The largest absolute Gasteiger partial charge is 0.417 e. The minimum atomic E-state index is -4.37. The van der Waals surface area contributed by atoms with E-state index < -0.39 is 11.7 Å². The molecule has 106 valence electrons. The lowest BCUT2D eigenvalue weighted by atomic mass is 10.1. The van der Waals surface area contributed by atoms with Gasteiger partial charge in [-0.1, -0.05) is 11.8 Å². The summed E-state index contributed by atoms with van der Waals surface area (Å²) in [5, 5.41) is 1.10. The number of pyridine rings is 2. The molecule has 0 bridgehead atoms. The highest BCUT2D eigenvalue weighted by molar-refractivity contribution is 7.99. The smallest absolute Gasteiger partial charge is 0.324 e. The molecular weight excluding hydrogens is 287 g/mol. The Kier molecular flexibility index (Phi) is 4.29. The molecule has 2 N–H and O–H groups in total. The number of hydrogen-bond acceptors (Lipinski definition) is 4. The van der Waals surface area contributed by atoms with E-state index >= 15 is 0 Å². The van der Waals surface area contributed by atoms with Crippen LogP contribution in [0.3, 0.4) is 0 Å². The van der Waals surface area contributed by atoms with E-state index in [4.69, 9.17) is 5.73 Å². The number of aromatic nitrogens is 2. The van der Waals surface area contributed by atoms with Crippen LogP contribution in [0.4, 0.5) is 13.2 Å². The summed E-state index contributed by atoms with van der Waals surface area (Å²) in [7, 11) is 0. The van der Waals surface area contributed by atoms with Crippen molar-refractivity contribution >= 4 is 11.8 Å². The average molecular weight is 299 g/mol. The molecule has 0 spiro atoms. The Labute approximate surface area is 118 Å². The summed E-state index contributed by atoms with van der Waals surface area (Å²) in [5.41, 5.74) is 5.91. The first-order chi connectivity index (χ1) is 9.36. The fourth-order valence-electron chi connectivity index (χ4n) is 1.48. The molecule has 2 aromatic rings. The van der Waals surface area contributed by atoms with E-state index in [0.717, 1.165) is 17.8 Å². The highest BCUT2D eigenvalue weighted by Gasteiger charge is 2.30. The summed E-state index contributed by atoms with van der Waals surface area (Å²) in [5.74, 6) is 0. The minimum absolute atomic E-state index is 0.127. The van der Waals surface area contributed by atoms with Gasteiger partial charge in [-0.3, -0.25) is 0 Å². The van der Waals surface area contributed by atoms with Crippen LogP contribution < -0.4 is 5.73 Å². The summed E-state index contributed by atoms with van der Waals surface area (Å²) < 4.78 is 37.2. The Balaban J connectivity index is 2.16. The molecule has 0 fully saturated rings. The second kappa shape index (κ2) is 5.80. The van der Waals surface area contributed by atoms with Crippen molar-refractivity contribution in [1.29, 1.82) is 0 Å². The van der Waals surface area contributed by atoms with Gasteiger partial charge in [0.1, 0.15) is 10.1 Å². The molecule has 2 heterocycles. The maximum Gasteiger partial charge on any atom is 0.417 e. The lowest BCUT2D eigenvalue weighted by Gasteiger charge is -2.08. The van der Waals surface area contributed by atoms with Crippen LogP contribution in [-0.4, -0.2) is 9.97 Å². The van der Waals surface area contributed by atoms with E-state index in [-0.39, 0.29) is 6.04 Å². The molecular formula is C13H12F3N3S. The second-order valence-corrected chi connectivity index (χ2v) is 5.24. The van der Waals surface area contributed by atoms with Gasteiger partial charge in [0.05, 0.1) is 5.56 Å². The van der Waals surface area contributed by atoms with E-state index in [1.54, 1.807) is 18.3 Å². The number of halogens is 3. The van der Waals surface area contributed by atoms with Crippen LogP contribution in [0.1, 0.15) is 24.1 Å².